The topological polar surface area (TPSA) is 61.9 Å². The van der Waals surface area contributed by atoms with E-state index in [1.54, 1.807) is 6.92 Å². The summed E-state index contributed by atoms with van der Waals surface area (Å²) in [6.07, 6.45) is 0. The van der Waals surface area contributed by atoms with E-state index in [0.717, 1.165) is 49.4 Å². The van der Waals surface area contributed by atoms with E-state index >= 15 is 0 Å². The second-order valence-corrected chi connectivity index (χ2v) is 7.11. The van der Waals surface area contributed by atoms with Crippen LogP contribution in [0.3, 0.4) is 0 Å². The number of hydrogen-bond donors (Lipinski definition) is 1. The SMILES string of the molecule is CC(=O)c1cccc(CN2CCN(CC(=O)NOCc3ccccc3)CC2)c1. The summed E-state index contributed by atoms with van der Waals surface area (Å²) in [4.78, 5) is 33.3. The standard InChI is InChI=1S/C22H27N3O3/c1-18(26)21-9-5-8-20(14-21)15-24-10-12-25(13-11-24)16-22(27)23-28-17-19-6-3-2-4-7-19/h2-9,14H,10-13,15-17H2,1H3,(H,23,27). The molecule has 148 valence electrons. The van der Waals surface area contributed by atoms with Gasteiger partial charge in [-0.2, -0.15) is 0 Å². The first kappa shape index (κ1) is 20.2. The number of ketones is 1. The molecule has 2 aromatic rings. The van der Waals surface area contributed by atoms with Gasteiger partial charge in [-0.25, -0.2) is 5.48 Å². The summed E-state index contributed by atoms with van der Waals surface area (Å²) < 4.78 is 0. The van der Waals surface area contributed by atoms with Crippen molar-refractivity contribution in [1.29, 1.82) is 0 Å². The highest BCUT2D eigenvalue weighted by atomic mass is 16.6. The first-order valence-corrected chi connectivity index (χ1v) is 9.59. The molecule has 1 amide bonds. The number of carbonyl (C=O) groups excluding carboxylic acids is 2. The van der Waals surface area contributed by atoms with Gasteiger partial charge in [0.1, 0.15) is 0 Å². The third-order valence-electron chi connectivity index (χ3n) is 4.84. The van der Waals surface area contributed by atoms with Gasteiger partial charge in [-0.3, -0.25) is 24.2 Å². The summed E-state index contributed by atoms with van der Waals surface area (Å²) in [6.45, 7) is 6.55. The van der Waals surface area contributed by atoms with Crippen molar-refractivity contribution in [3.63, 3.8) is 0 Å². The molecule has 0 saturated carbocycles. The van der Waals surface area contributed by atoms with E-state index in [1.807, 2.05) is 48.5 Å². The van der Waals surface area contributed by atoms with Gasteiger partial charge < -0.3 is 0 Å². The van der Waals surface area contributed by atoms with Gasteiger partial charge in [-0.15, -0.1) is 0 Å². The van der Waals surface area contributed by atoms with Gasteiger partial charge in [-0.05, 0) is 24.1 Å². The largest absolute Gasteiger partial charge is 0.297 e. The quantitative estimate of drug-likeness (QED) is 0.561. The molecule has 2 aromatic carbocycles. The van der Waals surface area contributed by atoms with Crippen LogP contribution in [0.15, 0.2) is 54.6 Å². The summed E-state index contributed by atoms with van der Waals surface area (Å²) >= 11 is 0. The third kappa shape index (κ3) is 6.27. The average Bonchev–Trinajstić information content (AvgIpc) is 2.70. The maximum Gasteiger partial charge on any atom is 0.257 e. The monoisotopic (exact) mass is 381 g/mol. The Morgan fingerprint density at radius 3 is 2.32 bits per heavy atom. The molecule has 0 atom stereocenters. The number of hydrogen-bond acceptors (Lipinski definition) is 5. The van der Waals surface area contributed by atoms with E-state index in [-0.39, 0.29) is 11.7 Å². The van der Waals surface area contributed by atoms with E-state index < -0.39 is 0 Å². The molecule has 28 heavy (non-hydrogen) atoms. The lowest BCUT2D eigenvalue weighted by Gasteiger charge is -2.34. The fourth-order valence-corrected chi connectivity index (χ4v) is 3.26. The minimum Gasteiger partial charge on any atom is -0.297 e. The number of rotatable bonds is 8. The third-order valence-corrected chi connectivity index (χ3v) is 4.84. The van der Waals surface area contributed by atoms with Crippen molar-refractivity contribution in [3.05, 3.63) is 71.3 Å². The molecule has 3 rings (SSSR count). The van der Waals surface area contributed by atoms with Gasteiger partial charge in [0.25, 0.3) is 5.91 Å². The van der Waals surface area contributed by atoms with E-state index in [9.17, 15) is 9.59 Å². The van der Waals surface area contributed by atoms with Gasteiger partial charge in [0.05, 0.1) is 13.2 Å². The van der Waals surface area contributed by atoms with E-state index in [0.29, 0.717) is 13.2 Å². The van der Waals surface area contributed by atoms with Crippen molar-refractivity contribution in [3.8, 4) is 0 Å². The van der Waals surface area contributed by atoms with Crippen molar-refractivity contribution >= 4 is 11.7 Å². The van der Waals surface area contributed by atoms with Crippen LogP contribution in [0.1, 0.15) is 28.4 Å². The fraction of sp³-hybridized carbons (Fsp3) is 0.364. The number of nitrogens with one attached hydrogen (secondary N) is 1. The van der Waals surface area contributed by atoms with Crippen LogP contribution in [0, 0.1) is 0 Å². The summed E-state index contributed by atoms with van der Waals surface area (Å²) in [5.74, 6) is -0.0364. The first-order chi connectivity index (χ1) is 13.6. The average molecular weight is 381 g/mol. The molecule has 0 radical (unpaired) electrons. The molecular formula is C22H27N3O3. The Morgan fingerprint density at radius 1 is 0.929 bits per heavy atom. The predicted octanol–water partition coefficient (Wildman–Crippen LogP) is 2.25. The molecule has 6 heteroatoms. The Kier molecular flexibility index (Phi) is 7.31. The van der Waals surface area contributed by atoms with Gasteiger partial charge in [0, 0.05) is 38.3 Å². The highest BCUT2D eigenvalue weighted by Crippen LogP contribution is 2.11. The summed E-state index contributed by atoms with van der Waals surface area (Å²) in [6, 6.07) is 17.5. The zero-order chi connectivity index (χ0) is 19.8. The summed E-state index contributed by atoms with van der Waals surface area (Å²) in [7, 11) is 0. The van der Waals surface area contributed by atoms with Gasteiger partial charge >= 0.3 is 0 Å². The van der Waals surface area contributed by atoms with Gasteiger partial charge in [0.2, 0.25) is 0 Å². The second kappa shape index (κ2) is 10.1. The van der Waals surface area contributed by atoms with Crippen LogP contribution in [-0.4, -0.2) is 54.2 Å². The summed E-state index contributed by atoms with van der Waals surface area (Å²) in [5.41, 5.74) is 5.44. The Bertz CT molecular complexity index is 787. The van der Waals surface area contributed by atoms with Crippen LogP contribution in [0.5, 0.6) is 0 Å². The molecule has 1 N–H and O–H groups in total. The summed E-state index contributed by atoms with van der Waals surface area (Å²) in [5, 5.41) is 0. The number of carbonyl (C=O) groups is 2. The molecule has 0 aromatic heterocycles. The van der Waals surface area contributed by atoms with Crippen LogP contribution < -0.4 is 5.48 Å². The number of nitrogens with zero attached hydrogens (tertiary/aromatic N) is 2. The Hall–Kier alpha value is -2.54. The van der Waals surface area contributed by atoms with Crippen LogP contribution in [0.25, 0.3) is 0 Å². The number of piperazine rings is 1. The molecule has 1 heterocycles. The number of hydroxylamine groups is 1. The molecule has 1 fully saturated rings. The zero-order valence-corrected chi connectivity index (χ0v) is 16.3. The number of benzene rings is 2. The molecule has 0 bridgehead atoms. The van der Waals surface area contributed by atoms with Crippen molar-refractivity contribution in [2.75, 3.05) is 32.7 Å². The molecule has 1 aliphatic rings. The molecule has 0 spiro atoms. The minimum absolute atomic E-state index is 0.0900. The van der Waals surface area contributed by atoms with E-state index in [2.05, 4.69) is 21.3 Å². The van der Waals surface area contributed by atoms with Gasteiger partial charge in [0.15, 0.2) is 5.78 Å². The van der Waals surface area contributed by atoms with Crippen LogP contribution >= 0.6 is 0 Å². The van der Waals surface area contributed by atoms with E-state index in [1.165, 1.54) is 0 Å². The maximum atomic E-state index is 12.1. The second-order valence-electron chi connectivity index (χ2n) is 7.11. The van der Waals surface area contributed by atoms with Crippen LogP contribution in [-0.2, 0) is 22.8 Å². The predicted molar refractivity (Wildman–Crippen MR) is 108 cm³/mol. The number of amides is 1. The smallest absolute Gasteiger partial charge is 0.257 e. The lowest BCUT2D eigenvalue weighted by molar-refractivity contribution is -0.136. The molecule has 6 nitrogen and oxygen atoms in total. The van der Waals surface area contributed by atoms with Gasteiger partial charge in [-0.1, -0.05) is 48.5 Å². The molecular weight excluding hydrogens is 354 g/mol. The van der Waals surface area contributed by atoms with Crippen molar-refractivity contribution in [1.82, 2.24) is 15.3 Å². The zero-order valence-electron chi connectivity index (χ0n) is 16.3. The Morgan fingerprint density at radius 2 is 1.61 bits per heavy atom. The lowest BCUT2D eigenvalue weighted by atomic mass is 10.1. The Labute approximate surface area is 166 Å². The highest BCUT2D eigenvalue weighted by molar-refractivity contribution is 5.94. The Balaban J connectivity index is 1.36. The number of Topliss-reactive ketones (excluding diaryl/α,β-unsaturated/α-hetero) is 1. The maximum absolute atomic E-state index is 12.1. The van der Waals surface area contributed by atoms with E-state index in [4.69, 9.17) is 4.84 Å². The molecule has 1 saturated heterocycles. The normalized spacial score (nSPS) is 15.3. The fourth-order valence-electron chi connectivity index (χ4n) is 3.26. The van der Waals surface area contributed by atoms with Crippen molar-refractivity contribution in [2.24, 2.45) is 0 Å². The highest BCUT2D eigenvalue weighted by Gasteiger charge is 2.19. The molecule has 1 aliphatic heterocycles. The van der Waals surface area contributed by atoms with Crippen LogP contribution in [0.2, 0.25) is 0 Å². The first-order valence-electron chi connectivity index (χ1n) is 9.59. The van der Waals surface area contributed by atoms with Crippen molar-refractivity contribution in [2.45, 2.75) is 20.1 Å². The lowest BCUT2D eigenvalue weighted by Crippen LogP contribution is -2.49. The van der Waals surface area contributed by atoms with Crippen LogP contribution in [0.4, 0.5) is 0 Å². The van der Waals surface area contributed by atoms with Crippen molar-refractivity contribution < 1.29 is 14.4 Å². The molecule has 0 aliphatic carbocycles. The molecule has 0 unspecified atom stereocenters. The minimum atomic E-state index is -0.126.